The molecule has 0 aliphatic carbocycles. The first-order valence-corrected chi connectivity index (χ1v) is 7.25. The number of aliphatic carboxylic acids is 1. The van der Waals surface area contributed by atoms with Crippen LogP contribution in [0.25, 0.3) is 0 Å². The largest absolute Gasteiger partial charge is 0.480 e. The molecule has 0 bridgehead atoms. The van der Waals surface area contributed by atoms with E-state index >= 15 is 0 Å². The summed E-state index contributed by atoms with van der Waals surface area (Å²) < 4.78 is 0. The molecule has 1 aliphatic rings. The van der Waals surface area contributed by atoms with Crippen molar-refractivity contribution in [3.8, 4) is 0 Å². The Morgan fingerprint density at radius 2 is 2.18 bits per heavy atom. The predicted molar refractivity (Wildman–Crippen MR) is 69.2 cm³/mol. The van der Waals surface area contributed by atoms with Crippen molar-refractivity contribution in [1.29, 1.82) is 0 Å². The molecule has 1 rings (SSSR count). The van der Waals surface area contributed by atoms with Gasteiger partial charge in [0.2, 0.25) is 5.91 Å². The fourth-order valence-electron chi connectivity index (χ4n) is 2.10. The molecule has 1 fully saturated rings. The van der Waals surface area contributed by atoms with Crippen LogP contribution in [0.5, 0.6) is 0 Å². The van der Waals surface area contributed by atoms with Gasteiger partial charge in [0, 0.05) is 12.6 Å². The number of carboxylic acid groups (broad SMARTS) is 1. The summed E-state index contributed by atoms with van der Waals surface area (Å²) in [5.41, 5.74) is 0. The van der Waals surface area contributed by atoms with E-state index in [0.717, 1.165) is 25.8 Å². The lowest BCUT2D eigenvalue weighted by molar-refractivity contribution is -0.136. The van der Waals surface area contributed by atoms with Crippen LogP contribution in [0.1, 0.15) is 39.5 Å². The molecule has 5 heteroatoms. The number of carboxylic acids is 1. The molecular weight excluding hydrogens is 238 g/mol. The van der Waals surface area contributed by atoms with Crippen molar-refractivity contribution in [2.24, 2.45) is 0 Å². The van der Waals surface area contributed by atoms with Crippen molar-refractivity contribution < 1.29 is 14.7 Å². The van der Waals surface area contributed by atoms with Crippen LogP contribution in [-0.2, 0) is 9.59 Å². The summed E-state index contributed by atoms with van der Waals surface area (Å²) in [6.07, 6.45) is 4.34. The Kier molecular flexibility index (Phi) is 5.82. The lowest BCUT2D eigenvalue weighted by Gasteiger charge is -2.35. The zero-order valence-electron chi connectivity index (χ0n) is 10.5. The number of amides is 1. The van der Waals surface area contributed by atoms with E-state index in [1.807, 2.05) is 4.90 Å². The molecule has 0 radical (unpaired) electrons. The maximum atomic E-state index is 12.0. The molecule has 1 saturated heterocycles. The average Bonchev–Trinajstić information content (AvgIpc) is 2.35. The summed E-state index contributed by atoms with van der Waals surface area (Å²) in [4.78, 5) is 24.6. The highest BCUT2D eigenvalue weighted by Gasteiger charge is 2.25. The fourth-order valence-corrected chi connectivity index (χ4v) is 2.80. The first-order valence-electron chi connectivity index (χ1n) is 6.20. The maximum Gasteiger partial charge on any atom is 0.316 e. The monoisotopic (exact) mass is 259 g/mol. The fraction of sp³-hybridized carbons (Fsp3) is 0.833. The van der Waals surface area contributed by atoms with Crippen LogP contribution in [0.3, 0.4) is 0 Å². The number of carbonyl (C=O) groups is 2. The second-order valence-electron chi connectivity index (χ2n) is 4.44. The number of hydrogen-bond acceptors (Lipinski definition) is 3. The first-order chi connectivity index (χ1) is 8.06. The third-order valence-corrected chi connectivity index (χ3v) is 4.34. The predicted octanol–water partition coefficient (Wildman–Crippen LogP) is 1.98. The second-order valence-corrected chi connectivity index (χ2v) is 5.77. The van der Waals surface area contributed by atoms with Crippen molar-refractivity contribution in [1.82, 2.24) is 4.90 Å². The smallest absolute Gasteiger partial charge is 0.316 e. The van der Waals surface area contributed by atoms with Gasteiger partial charge in [0.15, 0.2) is 0 Å². The topological polar surface area (TPSA) is 57.6 Å². The molecule has 1 amide bonds. The molecule has 98 valence electrons. The Morgan fingerprint density at radius 1 is 1.47 bits per heavy atom. The van der Waals surface area contributed by atoms with Crippen molar-refractivity contribution in [2.75, 3.05) is 12.3 Å². The average molecular weight is 259 g/mol. The van der Waals surface area contributed by atoms with Gasteiger partial charge in [-0.1, -0.05) is 6.92 Å². The van der Waals surface area contributed by atoms with Gasteiger partial charge in [-0.05, 0) is 32.6 Å². The van der Waals surface area contributed by atoms with Crippen molar-refractivity contribution in [3.05, 3.63) is 0 Å². The lowest BCUT2D eigenvalue weighted by atomic mass is 10.0. The summed E-state index contributed by atoms with van der Waals surface area (Å²) in [7, 11) is 0. The van der Waals surface area contributed by atoms with Crippen LogP contribution >= 0.6 is 11.8 Å². The van der Waals surface area contributed by atoms with E-state index < -0.39 is 11.2 Å². The van der Waals surface area contributed by atoms with Crippen LogP contribution in [0.2, 0.25) is 0 Å². The summed E-state index contributed by atoms with van der Waals surface area (Å²) >= 11 is 1.21. The van der Waals surface area contributed by atoms with Crippen molar-refractivity contribution >= 4 is 23.6 Å². The molecule has 0 unspecified atom stereocenters. The summed E-state index contributed by atoms with van der Waals surface area (Å²) in [6, 6.07) is 0.358. The van der Waals surface area contributed by atoms with E-state index in [1.54, 1.807) is 6.92 Å². The molecule has 0 aromatic carbocycles. The van der Waals surface area contributed by atoms with Gasteiger partial charge < -0.3 is 10.0 Å². The highest BCUT2D eigenvalue weighted by molar-refractivity contribution is 8.01. The second kappa shape index (κ2) is 6.89. The van der Waals surface area contributed by atoms with E-state index in [1.165, 1.54) is 18.2 Å². The molecule has 1 heterocycles. The van der Waals surface area contributed by atoms with Crippen LogP contribution in [-0.4, -0.2) is 45.5 Å². The Balaban J connectivity index is 2.42. The zero-order valence-corrected chi connectivity index (χ0v) is 11.3. The van der Waals surface area contributed by atoms with Gasteiger partial charge in [0.25, 0.3) is 0 Å². The van der Waals surface area contributed by atoms with Gasteiger partial charge in [0.05, 0.1) is 11.0 Å². The number of thioether (sulfide) groups is 1. The number of rotatable bonds is 5. The van der Waals surface area contributed by atoms with Gasteiger partial charge >= 0.3 is 5.97 Å². The van der Waals surface area contributed by atoms with E-state index in [9.17, 15) is 9.59 Å². The van der Waals surface area contributed by atoms with Gasteiger partial charge in [-0.2, -0.15) is 0 Å². The molecule has 4 nitrogen and oxygen atoms in total. The van der Waals surface area contributed by atoms with Gasteiger partial charge in [-0.25, -0.2) is 0 Å². The third-order valence-electron chi connectivity index (χ3n) is 3.22. The minimum atomic E-state index is -0.853. The van der Waals surface area contributed by atoms with E-state index in [2.05, 4.69) is 6.92 Å². The zero-order chi connectivity index (χ0) is 12.8. The molecular formula is C12H21NO3S. The van der Waals surface area contributed by atoms with Crippen molar-refractivity contribution in [3.63, 3.8) is 0 Å². The first kappa shape index (κ1) is 14.4. The van der Waals surface area contributed by atoms with Crippen molar-refractivity contribution in [2.45, 2.75) is 50.8 Å². The Hall–Kier alpha value is -0.710. The Bertz CT molecular complexity index is 283. The molecule has 17 heavy (non-hydrogen) atoms. The van der Waals surface area contributed by atoms with Gasteiger partial charge in [-0.15, -0.1) is 11.8 Å². The number of nitrogens with zero attached hydrogens (tertiary/aromatic N) is 1. The Morgan fingerprint density at radius 3 is 2.76 bits per heavy atom. The van der Waals surface area contributed by atoms with Crippen LogP contribution < -0.4 is 0 Å². The van der Waals surface area contributed by atoms with E-state index in [4.69, 9.17) is 5.11 Å². The Labute approximate surface area is 107 Å². The van der Waals surface area contributed by atoms with Gasteiger partial charge in [-0.3, -0.25) is 9.59 Å². The van der Waals surface area contributed by atoms with Crippen LogP contribution in [0, 0.1) is 0 Å². The molecule has 2 atom stereocenters. The molecule has 0 saturated carbocycles. The van der Waals surface area contributed by atoms with Crippen LogP contribution in [0.15, 0.2) is 0 Å². The quantitative estimate of drug-likeness (QED) is 0.820. The highest BCUT2D eigenvalue weighted by atomic mass is 32.2. The summed E-state index contributed by atoms with van der Waals surface area (Å²) in [6.45, 7) is 4.55. The SMILES string of the molecule is CC[C@H]1CCCCN1C(=O)CS[C@@H](C)C(=O)O. The number of hydrogen-bond donors (Lipinski definition) is 1. The van der Waals surface area contributed by atoms with Gasteiger partial charge in [0.1, 0.15) is 0 Å². The normalized spacial score (nSPS) is 22.2. The highest BCUT2D eigenvalue weighted by Crippen LogP contribution is 2.21. The molecule has 1 N–H and O–H groups in total. The minimum Gasteiger partial charge on any atom is -0.480 e. The maximum absolute atomic E-state index is 12.0. The molecule has 1 aliphatic heterocycles. The third kappa shape index (κ3) is 4.22. The standard InChI is InChI=1S/C12H21NO3S/c1-3-10-6-4-5-7-13(10)11(14)8-17-9(2)12(15)16/h9-10H,3-8H2,1-2H3,(H,15,16)/t9-,10-/m0/s1. The summed E-state index contributed by atoms with van der Waals surface area (Å²) in [5, 5.41) is 8.25. The summed E-state index contributed by atoms with van der Waals surface area (Å²) in [5.74, 6) is -0.479. The molecule has 0 aromatic rings. The lowest BCUT2D eigenvalue weighted by Crippen LogP contribution is -2.44. The molecule has 0 spiro atoms. The number of carbonyl (C=O) groups excluding carboxylic acids is 1. The minimum absolute atomic E-state index is 0.0923. The van der Waals surface area contributed by atoms with Crippen LogP contribution in [0.4, 0.5) is 0 Å². The molecule has 0 aromatic heterocycles. The number of likely N-dealkylation sites (tertiary alicyclic amines) is 1. The van der Waals surface area contributed by atoms with E-state index in [-0.39, 0.29) is 11.7 Å². The number of piperidine rings is 1. The van der Waals surface area contributed by atoms with E-state index in [0.29, 0.717) is 6.04 Å².